The summed E-state index contributed by atoms with van der Waals surface area (Å²) in [7, 11) is 0. The van der Waals surface area contributed by atoms with Gasteiger partial charge in [0, 0.05) is 12.8 Å². The average molecular weight is 385 g/mol. The highest BCUT2D eigenvalue weighted by Gasteiger charge is 2.06. The Labute approximate surface area is 169 Å². The minimum Gasteiger partial charge on any atom is -0.466 e. The van der Waals surface area contributed by atoms with Crippen LogP contribution in [0.3, 0.4) is 0 Å². The van der Waals surface area contributed by atoms with E-state index < -0.39 is 0 Å². The molecule has 1 atom stereocenters. The minimum absolute atomic E-state index is 0.103. The molecule has 0 aliphatic heterocycles. The Morgan fingerprint density at radius 2 is 1.11 bits per heavy atom. The van der Waals surface area contributed by atoms with Crippen LogP contribution >= 0.6 is 0 Å². The van der Waals surface area contributed by atoms with Gasteiger partial charge in [-0.25, -0.2) is 0 Å². The number of esters is 1. The summed E-state index contributed by atoms with van der Waals surface area (Å²) in [5.74, 6) is -0.103. The zero-order valence-corrected chi connectivity index (χ0v) is 18.5. The Morgan fingerprint density at radius 3 is 1.56 bits per heavy atom. The molecule has 27 heavy (non-hydrogen) atoms. The van der Waals surface area contributed by atoms with Crippen LogP contribution < -0.4 is 0 Å². The molecule has 0 aromatic carbocycles. The van der Waals surface area contributed by atoms with Crippen molar-refractivity contribution in [2.24, 2.45) is 0 Å². The van der Waals surface area contributed by atoms with Crippen LogP contribution in [0.1, 0.15) is 136 Å². The van der Waals surface area contributed by atoms with Crippen LogP contribution in [0.2, 0.25) is 0 Å². The summed E-state index contributed by atoms with van der Waals surface area (Å²) in [4.78, 5) is 11.6. The molecule has 3 nitrogen and oxygen atoms in total. The van der Waals surface area contributed by atoms with Crippen molar-refractivity contribution >= 4 is 5.97 Å². The lowest BCUT2D eigenvalue weighted by atomic mass is 10.0. The summed E-state index contributed by atoms with van der Waals surface area (Å²) in [6.45, 7) is 4.68. The molecule has 162 valence electrons. The third kappa shape index (κ3) is 21.6. The van der Waals surface area contributed by atoms with E-state index in [0.29, 0.717) is 19.4 Å². The predicted molar refractivity (Wildman–Crippen MR) is 116 cm³/mol. The fourth-order valence-electron chi connectivity index (χ4n) is 3.50. The molecule has 1 N–H and O–H groups in total. The van der Waals surface area contributed by atoms with E-state index in [4.69, 9.17) is 4.74 Å². The van der Waals surface area contributed by atoms with E-state index >= 15 is 0 Å². The molecule has 0 radical (unpaired) electrons. The van der Waals surface area contributed by atoms with Crippen molar-refractivity contribution in [2.75, 3.05) is 6.61 Å². The van der Waals surface area contributed by atoms with Crippen LogP contribution in [0.4, 0.5) is 0 Å². The fourth-order valence-corrected chi connectivity index (χ4v) is 3.50. The molecular formula is C24H48O3. The Morgan fingerprint density at radius 1 is 0.667 bits per heavy atom. The second-order valence-electron chi connectivity index (χ2n) is 8.15. The van der Waals surface area contributed by atoms with Gasteiger partial charge in [0.1, 0.15) is 0 Å². The van der Waals surface area contributed by atoms with E-state index in [-0.39, 0.29) is 12.1 Å². The van der Waals surface area contributed by atoms with E-state index in [9.17, 15) is 9.90 Å². The number of carbonyl (C=O) groups is 1. The quantitative estimate of drug-likeness (QED) is 0.166. The van der Waals surface area contributed by atoms with E-state index in [0.717, 1.165) is 25.7 Å². The maximum absolute atomic E-state index is 11.6. The van der Waals surface area contributed by atoms with Crippen LogP contribution in [0, 0.1) is 0 Å². The number of ether oxygens (including phenoxy) is 1. The molecule has 3 heteroatoms. The van der Waals surface area contributed by atoms with Gasteiger partial charge in [0.25, 0.3) is 0 Å². The van der Waals surface area contributed by atoms with Crippen LogP contribution in [0.5, 0.6) is 0 Å². The maximum atomic E-state index is 11.6. The third-order valence-electron chi connectivity index (χ3n) is 5.32. The van der Waals surface area contributed by atoms with Crippen molar-refractivity contribution < 1.29 is 14.6 Å². The highest BCUT2D eigenvalue weighted by atomic mass is 16.5. The standard InChI is InChI=1S/C24H48O3/c1-3-5-6-7-8-9-10-11-12-13-14-15-16-17-18-20-24(26)27-22-21-23(25)19-4-2/h23,25H,3-22H2,1-2H3. The topological polar surface area (TPSA) is 46.5 Å². The summed E-state index contributed by atoms with van der Waals surface area (Å²) in [6, 6.07) is 0. The van der Waals surface area contributed by atoms with E-state index in [2.05, 4.69) is 6.92 Å². The monoisotopic (exact) mass is 384 g/mol. The lowest BCUT2D eigenvalue weighted by Gasteiger charge is -2.09. The van der Waals surface area contributed by atoms with Crippen molar-refractivity contribution in [1.82, 2.24) is 0 Å². The fraction of sp³-hybridized carbons (Fsp3) is 0.958. The number of aliphatic hydroxyl groups is 1. The first kappa shape index (κ1) is 26.4. The molecule has 0 heterocycles. The first-order chi connectivity index (χ1) is 13.2. The lowest BCUT2D eigenvalue weighted by Crippen LogP contribution is -2.13. The van der Waals surface area contributed by atoms with Gasteiger partial charge in [0.2, 0.25) is 0 Å². The first-order valence-electron chi connectivity index (χ1n) is 12.0. The number of rotatable bonds is 21. The molecule has 0 aliphatic carbocycles. The van der Waals surface area contributed by atoms with Crippen molar-refractivity contribution in [3.63, 3.8) is 0 Å². The minimum atomic E-state index is -0.325. The molecule has 0 aromatic heterocycles. The number of hydrogen-bond donors (Lipinski definition) is 1. The van der Waals surface area contributed by atoms with Gasteiger partial charge in [-0.1, -0.05) is 110 Å². The second kappa shape index (κ2) is 21.7. The zero-order chi connectivity index (χ0) is 20.0. The molecular weight excluding hydrogens is 336 g/mol. The molecule has 0 bridgehead atoms. The molecule has 0 spiro atoms. The summed E-state index contributed by atoms with van der Waals surface area (Å²) < 4.78 is 5.18. The van der Waals surface area contributed by atoms with Gasteiger partial charge in [-0.2, -0.15) is 0 Å². The van der Waals surface area contributed by atoms with Crippen molar-refractivity contribution in [3.8, 4) is 0 Å². The summed E-state index contributed by atoms with van der Waals surface area (Å²) >= 11 is 0. The molecule has 1 unspecified atom stereocenters. The number of aliphatic hydroxyl groups excluding tert-OH is 1. The van der Waals surface area contributed by atoms with Gasteiger partial charge in [0.05, 0.1) is 12.7 Å². The molecule has 0 aromatic rings. The number of hydrogen-bond acceptors (Lipinski definition) is 3. The van der Waals surface area contributed by atoms with Crippen molar-refractivity contribution in [3.05, 3.63) is 0 Å². The van der Waals surface area contributed by atoms with Crippen molar-refractivity contribution in [2.45, 2.75) is 142 Å². The second-order valence-corrected chi connectivity index (χ2v) is 8.15. The number of carbonyl (C=O) groups excluding carboxylic acids is 1. The summed E-state index contributed by atoms with van der Waals surface area (Å²) in [5, 5.41) is 9.59. The highest BCUT2D eigenvalue weighted by molar-refractivity contribution is 5.69. The zero-order valence-electron chi connectivity index (χ0n) is 18.5. The SMILES string of the molecule is CCCCCCCCCCCCCCCCCC(=O)OCCC(O)CCC. The molecule has 0 saturated carbocycles. The Bertz CT molecular complexity index is 304. The number of unbranched alkanes of at least 4 members (excludes halogenated alkanes) is 14. The third-order valence-corrected chi connectivity index (χ3v) is 5.32. The predicted octanol–water partition coefficient (Wildman–Crippen LogP) is 7.34. The molecule has 0 fully saturated rings. The van der Waals surface area contributed by atoms with Gasteiger partial charge in [-0.15, -0.1) is 0 Å². The molecule has 0 aliphatic rings. The van der Waals surface area contributed by atoms with Crippen LogP contribution in [-0.4, -0.2) is 23.8 Å². The Balaban J connectivity index is 3.16. The van der Waals surface area contributed by atoms with Crippen LogP contribution in [-0.2, 0) is 9.53 Å². The van der Waals surface area contributed by atoms with Gasteiger partial charge in [0.15, 0.2) is 0 Å². The van der Waals surface area contributed by atoms with Crippen LogP contribution in [0.25, 0.3) is 0 Å². The normalized spacial score (nSPS) is 12.3. The average Bonchev–Trinajstić information content (AvgIpc) is 2.65. The summed E-state index contributed by atoms with van der Waals surface area (Å²) in [6.07, 6.45) is 22.5. The Kier molecular flexibility index (Phi) is 21.3. The first-order valence-corrected chi connectivity index (χ1v) is 12.0. The lowest BCUT2D eigenvalue weighted by molar-refractivity contribution is -0.144. The van der Waals surface area contributed by atoms with Gasteiger partial charge in [-0.3, -0.25) is 4.79 Å². The molecule has 0 rings (SSSR count). The van der Waals surface area contributed by atoms with Crippen molar-refractivity contribution in [1.29, 1.82) is 0 Å². The van der Waals surface area contributed by atoms with E-state index in [1.54, 1.807) is 0 Å². The van der Waals surface area contributed by atoms with E-state index in [1.807, 2.05) is 6.92 Å². The van der Waals surface area contributed by atoms with Gasteiger partial charge < -0.3 is 9.84 Å². The van der Waals surface area contributed by atoms with Gasteiger partial charge in [-0.05, 0) is 12.8 Å². The van der Waals surface area contributed by atoms with Crippen LogP contribution in [0.15, 0.2) is 0 Å². The molecule has 0 saturated heterocycles. The largest absolute Gasteiger partial charge is 0.466 e. The summed E-state index contributed by atoms with van der Waals surface area (Å²) in [5.41, 5.74) is 0. The molecule has 0 amide bonds. The Hall–Kier alpha value is -0.570. The smallest absolute Gasteiger partial charge is 0.305 e. The maximum Gasteiger partial charge on any atom is 0.305 e. The highest BCUT2D eigenvalue weighted by Crippen LogP contribution is 2.14. The van der Waals surface area contributed by atoms with Gasteiger partial charge >= 0.3 is 5.97 Å². The van der Waals surface area contributed by atoms with E-state index in [1.165, 1.54) is 83.5 Å².